The van der Waals surface area contributed by atoms with Gasteiger partial charge in [0.1, 0.15) is 0 Å². The highest BCUT2D eigenvalue weighted by molar-refractivity contribution is 6.45. The summed E-state index contributed by atoms with van der Waals surface area (Å²) in [6, 6.07) is 19.7. The fourth-order valence-corrected chi connectivity index (χ4v) is 7.48. The highest BCUT2D eigenvalue weighted by Gasteiger charge is 2.31. The standard InChI is InChI=1S/C38H40/c1-19(2)25-16-23-17-28(37(5,6)7)35-29(38(8,9)10)18-27-26(20(3)4)15-22-12-11-21-13-14-24(25)33-30(21)31(22)34(27)36(35)32(23)33/h11-20H,1-10H3. The first-order chi connectivity index (χ1) is 17.8. The third-order valence-electron chi connectivity index (χ3n) is 9.26. The molecule has 192 valence electrons. The zero-order valence-electron chi connectivity index (χ0n) is 24.8. The molecule has 0 unspecified atom stereocenters. The molecule has 0 aromatic heterocycles. The summed E-state index contributed by atoms with van der Waals surface area (Å²) in [4.78, 5) is 0. The summed E-state index contributed by atoms with van der Waals surface area (Å²) >= 11 is 0. The van der Waals surface area contributed by atoms with E-state index in [4.69, 9.17) is 0 Å². The molecule has 0 spiro atoms. The molecule has 7 aromatic carbocycles. The maximum Gasteiger partial charge on any atom is -0.000780 e. The summed E-state index contributed by atoms with van der Waals surface area (Å²) in [6.45, 7) is 23.8. The Morgan fingerprint density at radius 3 is 1.53 bits per heavy atom. The number of rotatable bonds is 2. The van der Waals surface area contributed by atoms with Crippen LogP contribution in [0.4, 0.5) is 0 Å². The fraction of sp³-hybridized carbons (Fsp3) is 0.368. The van der Waals surface area contributed by atoms with Gasteiger partial charge in [-0.25, -0.2) is 0 Å². The van der Waals surface area contributed by atoms with Crippen LogP contribution in [-0.2, 0) is 10.8 Å². The van der Waals surface area contributed by atoms with Gasteiger partial charge in [0.25, 0.3) is 0 Å². The predicted octanol–water partition coefficient (Wildman–Crippen LogP) is 11.8. The lowest BCUT2D eigenvalue weighted by molar-refractivity contribution is 0.582. The summed E-state index contributed by atoms with van der Waals surface area (Å²) in [5, 5.41) is 17.5. The minimum absolute atomic E-state index is 0.0328. The van der Waals surface area contributed by atoms with Crippen LogP contribution < -0.4 is 0 Å². The highest BCUT2D eigenvalue weighted by atomic mass is 14.3. The topological polar surface area (TPSA) is 0 Å². The van der Waals surface area contributed by atoms with E-state index in [1.165, 1.54) is 86.9 Å². The molecule has 0 nitrogen and oxygen atoms in total. The number of benzene rings is 7. The SMILES string of the molecule is CC(C)c1cc2cc(C(C)(C)C)c3c(C(C)(C)C)cc4c(C(C)C)cc5ccc6ccc1c1c6c5c4c3c21. The Hall–Kier alpha value is -3.12. The molecule has 0 saturated carbocycles. The van der Waals surface area contributed by atoms with E-state index in [-0.39, 0.29) is 10.8 Å². The summed E-state index contributed by atoms with van der Waals surface area (Å²) < 4.78 is 0. The Labute approximate surface area is 227 Å². The minimum atomic E-state index is 0.0328. The molecule has 0 radical (unpaired) electrons. The van der Waals surface area contributed by atoms with E-state index in [0.717, 1.165) is 0 Å². The van der Waals surface area contributed by atoms with Crippen molar-refractivity contribution in [2.75, 3.05) is 0 Å². The number of hydrogen-bond donors (Lipinski definition) is 0. The first-order valence-corrected chi connectivity index (χ1v) is 14.5. The van der Waals surface area contributed by atoms with E-state index in [9.17, 15) is 0 Å². The molecule has 0 atom stereocenters. The Bertz CT molecular complexity index is 2020. The van der Waals surface area contributed by atoms with Crippen LogP contribution in [-0.4, -0.2) is 0 Å². The average Bonchev–Trinajstić information content (AvgIpc) is 2.83. The van der Waals surface area contributed by atoms with Crippen molar-refractivity contribution in [1.82, 2.24) is 0 Å². The molecule has 0 aliphatic heterocycles. The summed E-state index contributed by atoms with van der Waals surface area (Å²) in [7, 11) is 0. The number of hydrogen-bond acceptors (Lipinski definition) is 0. The van der Waals surface area contributed by atoms with E-state index in [1.54, 1.807) is 0 Å². The van der Waals surface area contributed by atoms with Crippen molar-refractivity contribution in [2.24, 2.45) is 0 Å². The quantitative estimate of drug-likeness (QED) is 0.165. The Balaban J connectivity index is 1.97. The van der Waals surface area contributed by atoms with Crippen LogP contribution in [0.15, 0.2) is 48.5 Å². The molecule has 0 heteroatoms. The second kappa shape index (κ2) is 7.29. The lowest BCUT2D eigenvalue weighted by Gasteiger charge is -2.33. The molecule has 0 aliphatic rings. The lowest BCUT2D eigenvalue weighted by atomic mass is 9.71. The van der Waals surface area contributed by atoms with Gasteiger partial charge in [-0.05, 0) is 122 Å². The normalized spacial score (nSPS) is 14.0. The van der Waals surface area contributed by atoms with Gasteiger partial charge in [-0.15, -0.1) is 0 Å². The average molecular weight is 497 g/mol. The van der Waals surface area contributed by atoms with E-state index < -0.39 is 0 Å². The minimum Gasteiger partial charge on any atom is -0.0587 e. The van der Waals surface area contributed by atoms with Gasteiger partial charge >= 0.3 is 0 Å². The third-order valence-corrected chi connectivity index (χ3v) is 9.26. The van der Waals surface area contributed by atoms with Gasteiger partial charge in [0, 0.05) is 0 Å². The fourth-order valence-electron chi connectivity index (χ4n) is 7.48. The van der Waals surface area contributed by atoms with Crippen molar-refractivity contribution in [2.45, 2.75) is 91.9 Å². The van der Waals surface area contributed by atoms with Crippen LogP contribution in [0, 0.1) is 0 Å². The third kappa shape index (κ3) is 2.93. The maximum atomic E-state index is 2.58. The molecule has 7 aromatic rings. The Morgan fingerprint density at radius 1 is 0.421 bits per heavy atom. The van der Waals surface area contributed by atoms with Gasteiger partial charge in [0.2, 0.25) is 0 Å². The van der Waals surface area contributed by atoms with E-state index >= 15 is 0 Å². The molecule has 0 aliphatic carbocycles. The second-order valence-corrected chi connectivity index (χ2v) is 14.6. The molecule has 7 rings (SSSR count). The summed E-state index contributed by atoms with van der Waals surface area (Å²) in [5.74, 6) is 0.928. The molecule has 0 heterocycles. The molecule has 0 saturated heterocycles. The van der Waals surface area contributed by atoms with E-state index in [0.29, 0.717) is 11.8 Å². The molecule has 0 N–H and O–H groups in total. The van der Waals surface area contributed by atoms with Crippen LogP contribution in [0.25, 0.3) is 64.6 Å². The monoisotopic (exact) mass is 496 g/mol. The van der Waals surface area contributed by atoms with Crippen LogP contribution in [0.2, 0.25) is 0 Å². The smallest absolute Gasteiger partial charge is 0.000780 e. The molecular weight excluding hydrogens is 456 g/mol. The van der Waals surface area contributed by atoms with Crippen LogP contribution in [0.3, 0.4) is 0 Å². The Kier molecular flexibility index (Phi) is 4.60. The molecule has 38 heavy (non-hydrogen) atoms. The zero-order valence-corrected chi connectivity index (χ0v) is 24.8. The van der Waals surface area contributed by atoms with E-state index in [1.807, 2.05) is 0 Å². The highest BCUT2D eigenvalue weighted by Crippen LogP contribution is 2.54. The molecule has 0 fully saturated rings. The van der Waals surface area contributed by atoms with Gasteiger partial charge in [-0.3, -0.25) is 0 Å². The van der Waals surface area contributed by atoms with Crippen molar-refractivity contribution >= 4 is 64.6 Å². The molecule has 0 amide bonds. The Morgan fingerprint density at radius 2 is 0.895 bits per heavy atom. The van der Waals surface area contributed by atoms with Crippen molar-refractivity contribution in [1.29, 1.82) is 0 Å². The summed E-state index contributed by atoms with van der Waals surface area (Å²) in [5.41, 5.74) is 5.98. The van der Waals surface area contributed by atoms with Crippen molar-refractivity contribution in [3.8, 4) is 0 Å². The summed E-state index contributed by atoms with van der Waals surface area (Å²) in [6.07, 6.45) is 0. The lowest BCUT2D eigenvalue weighted by Crippen LogP contribution is -2.18. The van der Waals surface area contributed by atoms with Gasteiger partial charge in [0.15, 0.2) is 0 Å². The van der Waals surface area contributed by atoms with Crippen LogP contribution in [0.5, 0.6) is 0 Å². The first-order valence-electron chi connectivity index (χ1n) is 14.5. The van der Waals surface area contributed by atoms with Crippen molar-refractivity contribution < 1.29 is 0 Å². The van der Waals surface area contributed by atoms with Gasteiger partial charge in [-0.2, -0.15) is 0 Å². The zero-order chi connectivity index (χ0) is 27.0. The van der Waals surface area contributed by atoms with Gasteiger partial charge < -0.3 is 0 Å². The molecular formula is C38H40. The van der Waals surface area contributed by atoms with Crippen LogP contribution >= 0.6 is 0 Å². The predicted molar refractivity (Wildman–Crippen MR) is 171 cm³/mol. The first kappa shape index (κ1) is 24.0. The van der Waals surface area contributed by atoms with Gasteiger partial charge in [-0.1, -0.05) is 106 Å². The largest absolute Gasteiger partial charge is 0.0587 e. The maximum absolute atomic E-state index is 2.58. The molecule has 0 bridgehead atoms. The van der Waals surface area contributed by atoms with Gasteiger partial charge in [0.05, 0.1) is 0 Å². The second-order valence-electron chi connectivity index (χ2n) is 14.6. The van der Waals surface area contributed by atoms with E-state index in [2.05, 4.69) is 118 Å². The van der Waals surface area contributed by atoms with Crippen molar-refractivity contribution in [3.05, 3.63) is 70.8 Å². The van der Waals surface area contributed by atoms with Crippen LogP contribution in [0.1, 0.15) is 103 Å². The van der Waals surface area contributed by atoms with Crippen molar-refractivity contribution in [3.63, 3.8) is 0 Å².